The van der Waals surface area contributed by atoms with Crippen LogP contribution in [0.15, 0.2) is 44.3 Å². The number of nitrogens with zero attached hydrogens (tertiary/aromatic N) is 1. The Morgan fingerprint density at radius 2 is 2.04 bits per heavy atom. The van der Waals surface area contributed by atoms with Gasteiger partial charge in [0.1, 0.15) is 12.3 Å². The fourth-order valence-corrected chi connectivity index (χ4v) is 3.98. The van der Waals surface area contributed by atoms with E-state index in [1.165, 1.54) is 0 Å². The van der Waals surface area contributed by atoms with E-state index in [0.717, 1.165) is 46.4 Å². The third kappa shape index (κ3) is 5.67. The maximum absolute atomic E-state index is 5.71. The Balaban J connectivity index is 1.45. The smallest absolute Gasteiger partial charge is 0.163 e. The molecule has 0 spiro atoms. The van der Waals surface area contributed by atoms with Gasteiger partial charge in [-0.25, -0.2) is 0 Å². The van der Waals surface area contributed by atoms with Crippen molar-refractivity contribution < 1.29 is 14.0 Å². The fraction of sp³-hybridized carbons (Fsp3) is 0.389. The zero-order chi connectivity index (χ0) is 17.6. The number of aromatic nitrogens is 1. The van der Waals surface area contributed by atoms with Crippen molar-refractivity contribution in [2.45, 2.75) is 19.6 Å². The van der Waals surface area contributed by atoms with Crippen LogP contribution < -0.4 is 5.32 Å². The highest BCUT2D eigenvalue weighted by molar-refractivity contribution is 9.11. The SMILES string of the molecule is C=C(NCC1CCOC1)c1cc(COCc2cc(Br)cc(Br)c2)on1. The van der Waals surface area contributed by atoms with Gasteiger partial charge in [0.25, 0.3) is 0 Å². The molecule has 0 bridgehead atoms. The Kier molecular flexibility index (Phi) is 6.70. The number of halogens is 2. The molecular weight excluding hydrogens is 452 g/mol. The predicted molar refractivity (Wildman–Crippen MR) is 103 cm³/mol. The number of hydrogen-bond acceptors (Lipinski definition) is 5. The summed E-state index contributed by atoms with van der Waals surface area (Å²) in [6.07, 6.45) is 1.09. The van der Waals surface area contributed by atoms with Crippen LogP contribution in [-0.2, 0) is 22.7 Å². The number of nitrogens with one attached hydrogen (secondary N) is 1. The molecule has 5 nitrogen and oxygen atoms in total. The average Bonchev–Trinajstić information content (AvgIpc) is 3.23. The van der Waals surface area contributed by atoms with Crippen LogP contribution in [-0.4, -0.2) is 24.9 Å². The summed E-state index contributed by atoms with van der Waals surface area (Å²) in [5, 5.41) is 7.35. The van der Waals surface area contributed by atoms with Gasteiger partial charge in [0, 0.05) is 34.1 Å². The van der Waals surface area contributed by atoms with Gasteiger partial charge in [-0.1, -0.05) is 43.6 Å². The summed E-state index contributed by atoms with van der Waals surface area (Å²) in [6, 6.07) is 7.89. The normalized spacial score (nSPS) is 17.0. The first kappa shape index (κ1) is 18.6. The molecule has 2 aromatic rings. The molecule has 0 saturated carbocycles. The molecule has 1 aromatic carbocycles. The molecule has 2 heterocycles. The highest BCUT2D eigenvalue weighted by Gasteiger charge is 2.16. The van der Waals surface area contributed by atoms with Gasteiger partial charge in [0.2, 0.25) is 0 Å². The average molecular weight is 472 g/mol. The topological polar surface area (TPSA) is 56.5 Å². The van der Waals surface area contributed by atoms with Crippen LogP contribution in [0, 0.1) is 5.92 Å². The van der Waals surface area contributed by atoms with Crippen LogP contribution in [0.25, 0.3) is 5.70 Å². The van der Waals surface area contributed by atoms with Crippen molar-refractivity contribution in [2.75, 3.05) is 19.8 Å². The van der Waals surface area contributed by atoms with E-state index >= 15 is 0 Å². The molecule has 1 aliphatic heterocycles. The summed E-state index contributed by atoms with van der Waals surface area (Å²) in [7, 11) is 0. The van der Waals surface area contributed by atoms with Gasteiger partial charge >= 0.3 is 0 Å². The zero-order valence-corrected chi connectivity index (χ0v) is 16.9. The van der Waals surface area contributed by atoms with Gasteiger partial charge in [-0.2, -0.15) is 0 Å². The molecule has 1 aliphatic rings. The van der Waals surface area contributed by atoms with E-state index in [-0.39, 0.29) is 0 Å². The Hall–Kier alpha value is -1.15. The molecule has 7 heteroatoms. The number of hydrogen-bond donors (Lipinski definition) is 1. The van der Waals surface area contributed by atoms with Crippen LogP contribution in [0.5, 0.6) is 0 Å². The van der Waals surface area contributed by atoms with Gasteiger partial charge in [-0.05, 0) is 30.2 Å². The van der Waals surface area contributed by atoms with Crippen LogP contribution in [0.2, 0.25) is 0 Å². The maximum Gasteiger partial charge on any atom is 0.163 e. The molecular formula is C18H20Br2N2O3. The third-order valence-corrected chi connectivity index (χ3v) is 4.85. The Morgan fingerprint density at radius 1 is 1.24 bits per heavy atom. The van der Waals surface area contributed by atoms with Gasteiger partial charge in [-0.15, -0.1) is 0 Å². The Labute approximate surface area is 164 Å². The summed E-state index contributed by atoms with van der Waals surface area (Å²) < 4.78 is 18.4. The van der Waals surface area contributed by atoms with Crippen molar-refractivity contribution in [3.8, 4) is 0 Å². The monoisotopic (exact) mass is 470 g/mol. The molecule has 3 rings (SSSR count). The molecule has 1 saturated heterocycles. The summed E-state index contributed by atoms with van der Waals surface area (Å²) in [5.41, 5.74) is 2.55. The highest BCUT2D eigenvalue weighted by Crippen LogP contribution is 2.21. The van der Waals surface area contributed by atoms with E-state index in [2.05, 4.69) is 48.9 Å². The second-order valence-corrected chi connectivity index (χ2v) is 7.87. The van der Waals surface area contributed by atoms with Crippen molar-refractivity contribution in [3.05, 3.63) is 56.8 Å². The Bertz CT molecular complexity index is 707. The second-order valence-electron chi connectivity index (χ2n) is 6.04. The molecule has 1 N–H and O–H groups in total. The van der Waals surface area contributed by atoms with Crippen molar-refractivity contribution in [1.82, 2.24) is 10.5 Å². The first-order valence-electron chi connectivity index (χ1n) is 8.09. The summed E-state index contributed by atoms with van der Waals surface area (Å²) in [4.78, 5) is 0. The number of benzene rings is 1. The first-order valence-corrected chi connectivity index (χ1v) is 9.68. The lowest BCUT2D eigenvalue weighted by Gasteiger charge is -2.10. The number of rotatable bonds is 8. The van der Waals surface area contributed by atoms with Crippen LogP contribution in [0.3, 0.4) is 0 Å². The van der Waals surface area contributed by atoms with E-state index in [1.807, 2.05) is 24.3 Å². The van der Waals surface area contributed by atoms with Crippen LogP contribution in [0.1, 0.15) is 23.4 Å². The molecule has 1 fully saturated rings. The first-order chi connectivity index (χ1) is 12.1. The molecule has 0 amide bonds. The van der Waals surface area contributed by atoms with Crippen LogP contribution in [0.4, 0.5) is 0 Å². The lowest BCUT2D eigenvalue weighted by molar-refractivity contribution is 0.0883. The second kappa shape index (κ2) is 8.98. The zero-order valence-electron chi connectivity index (χ0n) is 13.8. The minimum Gasteiger partial charge on any atom is -0.383 e. The number of ether oxygens (including phenoxy) is 2. The van der Waals surface area contributed by atoms with Gasteiger partial charge in [0.15, 0.2) is 5.76 Å². The van der Waals surface area contributed by atoms with Crippen molar-refractivity contribution in [3.63, 3.8) is 0 Å². The lowest BCUT2D eigenvalue weighted by atomic mass is 10.1. The predicted octanol–water partition coefficient (Wildman–Crippen LogP) is 4.51. The molecule has 0 radical (unpaired) electrons. The van der Waals surface area contributed by atoms with Gasteiger partial charge < -0.3 is 19.3 Å². The van der Waals surface area contributed by atoms with Crippen molar-refractivity contribution in [1.29, 1.82) is 0 Å². The molecule has 1 atom stereocenters. The van der Waals surface area contributed by atoms with E-state index in [4.69, 9.17) is 14.0 Å². The van der Waals surface area contributed by atoms with Crippen LogP contribution >= 0.6 is 31.9 Å². The quantitative estimate of drug-likeness (QED) is 0.613. The Morgan fingerprint density at radius 3 is 2.76 bits per heavy atom. The largest absolute Gasteiger partial charge is 0.383 e. The van der Waals surface area contributed by atoms with Crippen molar-refractivity contribution in [2.24, 2.45) is 5.92 Å². The third-order valence-electron chi connectivity index (χ3n) is 3.93. The van der Waals surface area contributed by atoms with Gasteiger partial charge in [-0.3, -0.25) is 0 Å². The summed E-state index contributed by atoms with van der Waals surface area (Å²) >= 11 is 6.94. The summed E-state index contributed by atoms with van der Waals surface area (Å²) in [5.74, 6) is 1.21. The molecule has 1 aromatic heterocycles. The minimum atomic E-state index is 0.362. The van der Waals surface area contributed by atoms with E-state index < -0.39 is 0 Å². The molecule has 1 unspecified atom stereocenters. The van der Waals surface area contributed by atoms with E-state index in [1.54, 1.807) is 0 Å². The standard InChI is InChI=1S/C18H20Br2N2O3/c1-12(21-8-13-2-3-23-9-13)18-7-17(25-22-18)11-24-10-14-4-15(19)6-16(20)5-14/h4-7,13,21H,1-3,8-11H2. The molecule has 0 aliphatic carbocycles. The van der Waals surface area contributed by atoms with Gasteiger partial charge in [0.05, 0.1) is 18.9 Å². The summed E-state index contributed by atoms with van der Waals surface area (Å²) in [6.45, 7) is 7.38. The molecule has 134 valence electrons. The maximum atomic E-state index is 5.71. The fourth-order valence-electron chi connectivity index (χ4n) is 2.59. The lowest BCUT2D eigenvalue weighted by Crippen LogP contribution is -2.21. The van der Waals surface area contributed by atoms with E-state index in [9.17, 15) is 0 Å². The molecule has 25 heavy (non-hydrogen) atoms. The highest BCUT2D eigenvalue weighted by atomic mass is 79.9. The minimum absolute atomic E-state index is 0.362. The van der Waals surface area contributed by atoms with E-state index in [0.29, 0.717) is 30.6 Å². The van der Waals surface area contributed by atoms with Crippen molar-refractivity contribution >= 4 is 37.6 Å².